The molecule has 0 unspecified atom stereocenters. The molecule has 2 aromatic carbocycles. The van der Waals surface area contributed by atoms with E-state index in [-0.39, 0.29) is 23.2 Å². The smallest absolute Gasteiger partial charge is 0.338 e. The van der Waals surface area contributed by atoms with Crippen LogP contribution in [0.2, 0.25) is 0 Å². The molecule has 28 heavy (non-hydrogen) atoms. The van der Waals surface area contributed by atoms with Crippen LogP contribution in [0.15, 0.2) is 36.4 Å². The van der Waals surface area contributed by atoms with Crippen molar-refractivity contribution in [1.82, 2.24) is 0 Å². The molecule has 2 N–H and O–H groups in total. The number of ether oxygens (including phenoxy) is 1. The fraction of sp³-hybridized carbons (Fsp3) is 0.238. The van der Waals surface area contributed by atoms with Gasteiger partial charge in [0.1, 0.15) is 0 Å². The Morgan fingerprint density at radius 2 is 1.43 bits per heavy atom. The predicted octanol–water partition coefficient (Wildman–Crippen LogP) is 3.26. The number of benzene rings is 2. The number of nitrogens with one attached hydrogen (secondary N) is 2. The summed E-state index contributed by atoms with van der Waals surface area (Å²) in [6, 6.07) is 9.82. The molecule has 0 spiro atoms. The Morgan fingerprint density at radius 3 is 1.96 bits per heavy atom. The molecule has 0 aliphatic heterocycles. The van der Waals surface area contributed by atoms with Crippen molar-refractivity contribution in [3.8, 4) is 0 Å². The number of carbonyl (C=O) groups excluding carboxylic acids is 4. The van der Waals surface area contributed by atoms with Gasteiger partial charge in [-0.3, -0.25) is 14.4 Å². The summed E-state index contributed by atoms with van der Waals surface area (Å²) in [6.45, 7) is 5.92. The summed E-state index contributed by atoms with van der Waals surface area (Å²) in [6.07, 6.45) is 0. The van der Waals surface area contributed by atoms with Gasteiger partial charge in [-0.1, -0.05) is 17.7 Å². The van der Waals surface area contributed by atoms with E-state index in [0.29, 0.717) is 16.9 Å². The van der Waals surface area contributed by atoms with Crippen LogP contribution in [-0.2, 0) is 14.3 Å². The number of amides is 2. The quantitative estimate of drug-likeness (QED) is 0.590. The molecule has 0 aromatic heterocycles. The second kappa shape index (κ2) is 8.94. The molecule has 7 heteroatoms. The van der Waals surface area contributed by atoms with Crippen molar-refractivity contribution < 1.29 is 23.9 Å². The fourth-order valence-electron chi connectivity index (χ4n) is 2.62. The molecule has 0 aliphatic rings. The van der Waals surface area contributed by atoms with E-state index >= 15 is 0 Å². The van der Waals surface area contributed by atoms with Crippen molar-refractivity contribution in [3.63, 3.8) is 0 Å². The zero-order chi connectivity index (χ0) is 20.8. The third kappa shape index (κ3) is 5.77. The predicted molar refractivity (Wildman–Crippen MR) is 106 cm³/mol. The number of hydrogen-bond acceptors (Lipinski definition) is 5. The molecule has 0 saturated heterocycles. The lowest BCUT2D eigenvalue weighted by molar-refractivity contribution is -0.115. The Labute approximate surface area is 163 Å². The van der Waals surface area contributed by atoms with Crippen LogP contribution in [0.4, 0.5) is 11.4 Å². The van der Waals surface area contributed by atoms with Gasteiger partial charge in [0.15, 0.2) is 6.61 Å². The van der Waals surface area contributed by atoms with Crippen molar-refractivity contribution in [2.75, 3.05) is 17.2 Å². The lowest BCUT2D eigenvalue weighted by atomic mass is 10.0. The zero-order valence-electron chi connectivity index (χ0n) is 16.2. The Bertz CT molecular complexity index is 916. The van der Waals surface area contributed by atoms with Crippen LogP contribution in [0.3, 0.4) is 0 Å². The van der Waals surface area contributed by atoms with Crippen LogP contribution in [0.25, 0.3) is 0 Å². The van der Waals surface area contributed by atoms with Gasteiger partial charge in [-0.25, -0.2) is 4.79 Å². The molecule has 0 fully saturated rings. The van der Waals surface area contributed by atoms with Gasteiger partial charge in [0.2, 0.25) is 17.6 Å². The van der Waals surface area contributed by atoms with Gasteiger partial charge < -0.3 is 15.4 Å². The SMILES string of the molecule is CC(=O)Nc1cc(NC(C)=O)cc(C(=O)OCC(=O)c2cc(C)ccc2C)c1. The summed E-state index contributed by atoms with van der Waals surface area (Å²) in [4.78, 5) is 47.4. The molecule has 7 nitrogen and oxygen atoms in total. The normalized spacial score (nSPS) is 10.1. The number of hydrogen-bond donors (Lipinski definition) is 2. The second-order valence-electron chi connectivity index (χ2n) is 6.48. The number of ketones is 1. The minimum absolute atomic E-state index is 0.101. The van der Waals surface area contributed by atoms with E-state index in [4.69, 9.17) is 4.74 Å². The van der Waals surface area contributed by atoms with Gasteiger partial charge >= 0.3 is 5.97 Å². The Morgan fingerprint density at radius 1 is 0.857 bits per heavy atom. The summed E-state index contributed by atoms with van der Waals surface area (Å²) in [5.74, 6) is -1.71. The first-order valence-electron chi connectivity index (χ1n) is 8.63. The number of Topliss-reactive ketones (excluding diaryl/α,β-unsaturated/α-hetero) is 1. The number of carbonyl (C=O) groups is 4. The zero-order valence-corrected chi connectivity index (χ0v) is 16.2. The number of anilines is 2. The van der Waals surface area contributed by atoms with Gasteiger partial charge in [0, 0.05) is 30.8 Å². The lowest BCUT2D eigenvalue weighted by Gasteiger charge is -2.11. The Kier molecular flexibility index (Phi) is 6.65. The minimum atomic E-state index is -0.738. The molecule has 0 saturated carbocycles. The molecule has 0 heterocycles. The van der Waals surface area contributed by atoms with E-state index in [9.17, 15) is 19.2 Å². The van der Waals surface area contributed by atoms with Crippen LogP contribution in [-0.4, -0.2) is 30.2 Å². The summed E-state index contributed by atoms with van der Waals surface area (Å²) < 4.78 is 5.15. The molecule has 0 aliphatic carbocycles. The van der Waals surface area contributed by atoms with Gasteiger partial charge in [-0.15, -0.1) is 0 Å². The van der Waals surface area contributed by atoms with Gasteiger partial charge in [-0.05, 0) is 43.7 Å². The molecular formula is C21H22N2O5. The number of rotatable bonds is 6. The molecule has 0 atom stereocenters. The Balaban J connectivity index is 2.18. The third-order valence-electron chi connectivity index (χ3n) is 3.84. The van der Waals surface area contributed by atoms with Crippen LogP contribution in [0.5, 0.6) is 0 Å². The highest BCUT2D eigenvalue weighted by Gasteiger charge is 2.16. The largest absolute Gasteiger partial charge is 0.454 e. The van der Waals surface area contributed by atoms with E-state index in [1.54, 1.807) is 6.07 Å². The summed E-state index contributed by atoms with van der Waals surface area (Å²) in [5, 5.41) is 5.11. The highest BCUT2D eigenvalue weighted by Crippen LogP contribution is 2.20. The standard InChI is InChI=1S/C21H22N2O5/c1-12-5-6-13(2)19(7-12)20(26)11-28-21(27)16-8-17(22-14(3)24)10-18(9-16)23-15(4)25/h5-10H,11H2,1-4H3,(H,22,24)(H,23,25). The summed E-state index contributed by atoms with van der Waals surface area (Å²) >= 11 is 0. The van der Waals surface area contributed by atoms with Gasteiger partial charge in [0.05, 0.1) is 5.56 Å². The highest BCUT2D eigenvalue weighted by atomic mass is 16.5. The average molecular weight is 382 g/mol. The van der Waals surface area contributed by atoms with E-state index < -0.39 is 12.6 Å². The maximum Gasteiger partial charge on any atom is 0.338 e. The molecule has 2 aromatic rings. The van der Waals surface area contributed by atoms with Crippen LogP contribution >= 0.6 is 0 Å². The van der Waals surface area contributed by atoms with Gasteiger partial charge in [-0.2, -0.15) is 0 Å². The summed E-state index contributed by atoms with van der Waals surface area (Å²) in [5.41, 5.74) is 2.98. The first-order valence-corrected chi connectivity index (χ1v) is 8.63. The first-order chi connectivity index (χ1) is 13.2. The molecule has 0 radical (unpaired) electrons. The van der Waals surface area contributed by atoms with E-state index in [2.05, 4.69) is 10.6 Å². The topological polar surface area (TPSA) is 102 Å². The molecule has 0 bridgehead atoms. The Hall–Kier alpha value is -3.48. The molecule has 2 rings (SSSR count). The maximum absolute atomic E-state index is 12.4. The fourth-order valence-corrected chi connectivity index (χ4v) is 2.62. The van der Waals surface area contributed by atoms with Gasteiger partial charge in [0.25, 0.3) is 0 Å². The monoisotopic (exact) mass is 382 g/mol. The van der Waals surface area contributed by atoms with Crippen molar-refractivity contribution in [3.05, 3.63) is 58.7 Å². The van der Waals surface area contributed by atoms with Crippen molar-refractivity contribution >= 4 is 34.9 Å². The van der Waals surface area contributed by atoms with Crippen molar-refractivity contribution in [2.24, 2.45) is 0 Å². The minimum Gasteiger partial charge on any atom is -0.454 e. The maximum atomic E-state index is 12.4. The van der Waals surface area contributed by atoms with E-state index in [1.165, 1.54) is 32.0 Å². The highest BCUT2D eigenvalue weighted by molar-refractivity contribution is 6.01. The summed E-state index contributed by atoms with van der Waals surface area (Å²) in [7, 11) is 0. The van der Waals surface area contributed by atoms with E-state index in [0.717, 1.165) is 11.1 Å². The third-order valence-corrected chi connectivity index (χ3v) is 3.84. The van der Waals surface area contributed by atoms with Crippen LogP contribution in [0, 0.1) is 13.8 Å². The molecule has 146 valence electrons. The van der Waals surface area contributed by atoms with Crippen molar-refractivity contribution in [2.45, 2.75) is 27.7 Å². The van der Waals surface area contributed by atoms with Crippen LogP contribution in [0.1, 0.15) is 45.7 Å². The average Bonchev–Trinajstić information content (AvgIpc) is 2.60. The number of esters is 1. The second-order valence-corrected chi connectivity index (χ2v) is 6.48. The van der Waals surface area contributed by atoms with Crippen molar-refractivity contribution in [1.29, 1.82) is 0 Å². The first kappa shape index (κ1) is 20.8. The number of aryl methyl sites for hydroxylation is 2. The molecular weight excluding hydrogens is 360 g/mol. The van der Waals surface area contributed by atoms with E-state index in [1.807, 2.05) is 26.0 Å². The lowest BCUT2D eigenvalue weighted by Crippen LogP contribution is -2.16. The molecule has 2 amide bonds. The van der Waals surface area contributed by atoms with Crippen LogP contribution < -0.4 is 10.6 Å².